The molecule has 0 aliphatic heterocycles. The van der Waals surface area contributed by atoms with Crippen LogP contribution < -0.4 is 26.6 Å². The fourth-order valence-corrected chi connectivity index (χ4v) is 5.57. The van der Waals surface area contributed by atoms with E-state index in [0.29, 0.717) is 19.0 Å². The van der Waals surface area contributed by atoms with E-state index in [1.165, 1.54) is 0 Å². The summed E-state index contributed by atoms with van der Waals surface area (Å²) in [6.07, 6.45) is 8.48. The zero-order valence-electron chi connectivity index (χ0n) is 28.4. The van der Waals surface area contributed by atoms with Crippen LogP contribution in [0, 0.1) is 5.92 Å². The molecule has 0 saturated heterocycles. The van der Waals surface area contributed by atoms with Crippen molar-refractivity contribution in [3.63, 3.8) is 0 Å². The first kappa shape index (κ1) is 36.9. The van der Waals surface area contributed by atoms with Gasteiger partial charge in [0.25, 0.3) is 0 Å². The number of nitrogens with one attached hydrogen (secondary N) is 5. The highest BCUT2D eigenvalue weighted by Crippen LogP contribution is 2.27. The molecule has 0 heterocycles. The fraction of sp³-hybridized carbons (Fsp3) is 0.568. The molecule has 1 unspecified atom stereocenters. The third kappa shape index (κ3) is 12.4. The maximum absolute atomic E-state index is 4.38. The van der Waals surface area contributed by atoms with Crippen LogP contribution in [-0.4, -0.2) is 24.2 Å². The minimum absolute atomic E-state index is 0.0521. The van der Waals surface area contributed by atoms with Crippen LogP contribution in [0.1, 0.15) is 118 Å². The normalized spacial score (nSPS) is 12.7. The van der Waals surface area contributed by atoms with Gasteiger partial charge < -0.3 is 26.6 Å². The number of allylic oxidation sites excluding steroid dienone is 1. The molecule has 5 nitrogen and oxygen atoms in total. The lowest BCUT2D eigenvalue weighted by atomic mass is 9.84. The van der Waals surface area contributed by atoms with E-state index >= 15 is 0 Å². The Morgan fingerprint density at radius 2 is 1.24 bits per heavy atom. The monoisotopic (exact) mass is 578 g/mol. The summed E-state index contributed by atoms with van der Waals surface area (Å²) in [6, 6.07) is 6.35. The lowest BCUT2D eigenvalue weighted by molar-refractivity contribution is 0.267. The van der Waals surface area contributed by atoms with Gasteiger partial charge in [-0.1, -0.05) is 94.2 Å². The summed E-state index contributed by atoms with van der Waals surface area (Å²) >= 11 is 0. The van der Waals surface area contributed by atoms with Gasteiger partial charge in [0.15, 0.2) is 0 Å². The van der Waals surface area contributed by atoms with Gasteiger partial charge in [0.1, 0.15) is 0 Å². The zero-order valence-corrected chi connectivity index (χ0v) is 28.4. The lowest BCUT2D eigenvalue weighted by Gasteiger charge is -2.36. The Bertz CT molecular complexity index is 1060. The van der Waals surface area contributed by atoms with Gasteiger partial charge in [-0.3, -0.25) is 0 Å². The van der Waals surface area contributed by atoms with Crippen LogP contribution in [-0.2, 0) is 0 Å². The molecule has 42 heavy (non-hydrogen) atoms. The Hall–Kier alpha value is -3.08. The Morgan fingerprint density at radius 3 is 1.67 bits per heavy atom. The minimum Gasteiger partial charge on any atom is -0.382 e. The molecular formula is C37H63N5. The molecule has 5 N–H and O–H groups in total. The summed E-state index contributed by atoms with van der Waals surface area (Å²) in [6.45, 7) is 40.7. The van der Waals surface area contributed by atoms with Crippen LogP contribution in [0.4, 0.5) is 5.69 Å². The van der Waals surface area contributed by atoms with Crippen LogP contribution in [0.3, 0.4) is 0 Å². The van der Waals surface area contributed by atoms with Crippen molar-refractivity contribution in [2.45, 2.75) is 118 Å². The van der Waals surface area contributed by atoms with Crippen LogP contribution in [0.15, 0.2) is 68.2 Å². The second-order valence-electron chi connectivity index (χ2n) is 12.6. The van der Waals surface area contributed by atoms with Gasteiger partial charge in [0.05, 0.1) is 13.1 Å². The highest BCUT2D eigenvalue weighted by molar-refractivity contribution is 5.74. The van der Waals surface area contributed by atoms with E-state index in [-0.39, 0.29) is 11.1 Å². The van der Waals surface area contributed by atoms with E-state index in [0.717, 1.165) is 96.7 Å². The van der Waals surface area contributed by atoms with E-state index in [9.17, 15) is 0 Å². The number of hydrogen-bond acceptors (Lipinski definition) is 5. The summed E-state index contributed by atoms with van der Waals surface area (Å²) in [5.41, 5.74) is 7.67. The van der Waals surface area contributed by atoms with Crippen LogP contribution in [0.2, 0.25) is 0 Å². The summed E-state index contributed by atoms with van der Waals surface area (Å²) < 4.78 is 0. The van der Waals surface area contributed by atoms with Crippen molar-refractivity contribution in [3.8, 4) is 0 Å². The zero-order chi connectivity index (χ0) is 31.9. The van der Waals surface area contributed by atoms with E-state index in [1.807, 2.05) is 0 Å². The van der Waals surface area contributed by atoms with Gasteiger partial charge in [0, 0.05) is 45.3 Å². The number of hydrogen-bond donors (Lipinski definition) is 5. The largest absolute Gasteiger partial charge is 0.382 e. The van der Waals surface area contributed by atoms with Crippen LogP contribution >= 0.6 is 0 Å². The third-order valence-corrected chi connectivity index (χ3v) is 8.19. The minimum atomic E-state index is 0.0521. The topological polar surface area (TPSA) is 60.1 Å². The molecule has 0 spiro atoms. The van der Waals surface area contributed by atoms with E-state index < -0.39 is 0 Å². The van der Waals surface area contributed by atoms with Gasteiger partial charge in [-0.25, -0.2) is 0 Å². The number of anilines is 1. The quantitative estimate of drug-likeness (QED) is 0.0897. The van der Waals surface area contributed by atoms with Crippen molar-refractivity contribution in [2.75, 3.05) is 18.4 Å². The smallest absolute Gasteiger partial charge is 0.0542 e. The Labute approximate surface area is 259 Å². The number of benzene rings is 1. The molecule has 0 amide bonds. The van der Waals surface area contributed by atoms with Gasteiger partial charge >= 0.3 is 0 Å². The molecule has 1 atom stereocenters. The van der Waals surface area contributed by atoms with Gasteiger partial charge in [0.2, 0.25) is 0 Å². The molecule has 1 aromatic rings. The van der Waals surface area contributed by atoms with Crippen molar-refractivity contribution in [2.24, 2.45) is 5.92 Å². The van der Waals surface area contributed by atoms with Crippen molar-refractivity contribution < 1.29 is 0 Å². The summed E-state index contributed by atoms with van der Waals surface area (Å²) in [5, 5.41) is 17.9. The number of rotatable bonds is 23. The second kappa shape index (κ2) is 17.8. The van der Waals surface area contributed by atoms with E-state index in [4.69, 9.17) is 0 Å². The standard InChI is InChI=1S/C37H63N5/c1-14-19-28(8)40-35-22-33(31(11)38-25-29(9)41-36(13,16-3)20-15-2)21-34(23-35)32(12)39-26-30(10)42-37(17-4,18-5)24-27(6)7/h21-23,27,38-42H,8-12,14-20,24-26H2,1-7,13H3. The summed E-state index contributed by atoms with van der Waals surface area (Å²) in [7, 11) is 0. The SMILES string of the molecule is C=C(CCC)Nc1cc(C(=C)NCC(=C)NC(C)(CC)CCC)cc(C(=C)NCC(=C)NC(CC)(CC)CC(C)C)c1. The highest BCUT2D eigenvalue weighted by atomic mass is 15.0. The maximum atomic E-state index is 4.38. The highest BCUT2D eigenvalue weighted by Gasteiger charge is 2.27. The fourth-order valence-electron chi connectivity index (χ4n) is 5.57. The molecule has 236 valence electrons. The Kier molecular flexibility index (Phi) is 15.6. The average molecular weight is 578 g/mol. The average Bonchev–Trinajstić information content (AvgIpc) is 2.93. The molecule has 1 rings (SSSR count). The van der Waals surface area contributed by atoms with Gasteiger partial charge in [-0.05, 0) is 80.7 Å². The summed E-state index contributed by atoms with van der Waals surface area (Å²) in [4.78, 5) is 0. The molecule has 5 heteroatoms. The third-order valence-electron chi connectivity index (χ3n) is 8.19. The molecule has 0 radical (unpaired) electrons. The lowest BCUT2D eigenvalue weighted by Crippen LogP contribution is -2.46. The van der Waals surface area contributed by atoms with Gasteiger partial charge in [-0.2, -0.15) is 0 Å². The van der Waals surface area contributed by atoms with Crippen LogP contribution in [0.25, 0.3) is 11.4 Å². The molecular weight excluding hydrogens is 514 g/mol. The van der Waals surface area contributed by atoms with Crippen molar-refractivity contribution in [1.29, 1.82) is 0 Å². The first-order valence-corrected chi connectivity index (χ1v) is 16.1. The molecule has 0 fully saturated rings. The predicted molar refractivity (Wildman–Crippen MR) is 189 cm³/mol. The molecule has 0 aliphatic carbocycles. The van der Waals surface area contributed by atoms with Gasteiger partial charge in [-0.15, -0.1) is 0 Å². The molecule has 0 bridgehead atoms. The molecule has 0 saturated carbocycles. The van der Waals surface area contributed by atoms with E-state index in [2.05, 4.69) is 133 Å². The van der Waals surface area contributed by atoms with Crippen molar-refractivity contribution in [3.05, 3.63) is 79.3 Å². The molecule has 0 aliphatic rings. The molecule has 0 aromatic heterocycles. The van der Waals surface area contributed by atoms with Crippen LogP contribution in [0.5, 0.6) is 0 Å². The first-order valence-electron chi connectivity index (χ1n) is 16.1. The second-order valence-corrected chi connectivity index (χ2v) is 12.6. The maximum Gasteiger partial charge on any atom is 0.0542 e. The van der Waals surface area contributed by atoms with E-state index in [1.54, 1.807) is 0 Å². The first-order chi connectivity index (χ1) is 19.8. The Balaban J connectivity index is 3.07. The van der Waals surface area contributed by atoms with Crippen molar-refractivity contribution in [1.82, 2.24) is 21.3 Å². The predicted octanol–water partition coefficient (Wildman–Crippen LogP) is 9.31. The van der Waals surface area contributed by atoms with Crippen molar-refractivity contribution >= 4 is 17.1 Å². The summed E-state index contributed by atoms with van der Waals surface area (Å²) in [5.74, 6) is 0.617. The Morgan fingerprint density at radius 1 is 0.714 bits per heavy atom. The molecule has 1 aromatic carbocycles.